The molecule has 2 aromatic rings. The number of hydrogen-bond acceptors (Lipinski definition) is 6. The number of halogens is 4. The Hall–Kier alpha value is -3.31. The first-order chi connectivity index (χ1) is 15.6. The van der Waals surface area contributed by atoms with Gasteiger partial charge in [0.1, 0.15) is 0 Å². The van der Waals surface area contributed by atoms with Gasteiger partial charge in [0.15, 0.2) is 5.82 Å². The van der Waals surface area contributed by atoms with Crippen molar-refractivity contribution in [2.24, 2.45) is 0 Å². The average Bonchev–Trinajstić information content (AvgIpc) is 2.94. The van der Waals surface area contributed by atoms with Gasteiger partial charge in [0.2, 0.25) is 11.9 Å². The number of aromatic nitrogens is 3. The zero-order chi connectivity index (χ0) is 24.1. The standard InChI is InChI=1S/C19H22FN5O.C2HF3O2/c20-16-12-22-18(23-13-16)24-9-2-5-19(7-10-24)6-4-17(26)25(19)14-15-3-1-8-21-11-15;3-2(4,5)1(6)7/h1,3,8,11-13H,2,4-7,9-10,14H2;(H,6,7). The van der Waals surface area contributed by atoms with Gasteiger partial charge in [-0.3, -0.25) is 9.78 Å². The minimum absolute atomic E-state index is 0.109. The molecule has 1 atom stereocenters. The molecule has 1 spiro atoms. The molecule has 1 N–H and O–H groups in total. The van der Waals surface area contributed by atoms with Crippen molar-refractivity contribution in [1.29, 1.82) is 0 Å². The van der Waals surface area contributed by atoms with Crippen LogP contribution < -0.4 is 4.90 Å². The van der Waals surface area contributed by atoms with E-state index in [0.717, 1.165) is 44.3 Å². The van der Waals surface area contributed by atoms with Gasteiger partial charge in [0, 0.05) is 44.0 Å². The summed E-state index contributed by atoms with van der Waals surface area (Å²) in [6.45, 7) is 2.20. The maximum Gasteiger partial charge on any atom is 0.490 e. The Balaban J connectivity index is 0.000000383. The van der Waals surface area contributed by atoms with Gasteiger partial charge in [0.25, 0.3) is 0 Å². The lowest BCUT2D eigenvalue weighted by atomic mass is 9.87. The molecule has 1 amide bonds. The van der Waals surface area contributed by atoms with Crippen molar-refractivity contribution < 1.29 is 32.3 Å². The zero-order valence-electron chi connectivity index (χ0n) is 17.6. The molecular weight excluding hydrogens is 446 g/mol. The second kappa shape index (κ2) is 10.1. The van der Waals surface area contributed by atoms with Crippen LogP contribution in [0, 0.1) is 5.82 Å². The van der Waals surface area contributed by atoms with E-state index >= 15 is 0 Å². The lowest BCUT2D eigenvalue weighted by Gasteiger charge is -2.38. The smallest absolute Gasteiger partial charge is 0.475 e. The maximum atomic E-state index is 13.1. The van der Waals surface area contributed by atoms with Crippen LogP contribution >= 0.6 is 0 Å². The molecule has 2 aromatic heterocycles. The largest absolute Gasteiger partial charge is 0.490 e. The third kappa shape index (κ3) is 6.14. The molecule has 4 rings (SSSR count). The zero-order valence-corrected chi connectivity index (χ0v) is 17.6. The van der Waals surface area contributed by atoms with Crippen LogP contribution in [0.4, 0.5) is 23.5 Å². The molecule has 12 heteroatoms. The number of hydrogen-bond donors (Lipinski definition) is 1. The number of nitrogens with zero attached hydrogens (tertiary/aromatic N) is 5. The number of carboxylic acids is 1. The summed E-state index contributed by atoms with van der Waals surface area (Å²) in [7, 11) is 0. The van der Waals surface area contributed by atoms with Crippen LogP contribution in [0.1, 0.15) is 37.7 Å². The van der Waals surface area contributed by atoms with Crippen molar-refractivity contribution in [1.82, 2.24) is 19.9 Å². The number of anilines is 1. The number of carbonyl (C=O) groups is 2. The van der Waals surface area contributed by atoms with Crippen LogP contribution in [0.2, 0.25) is 0 Å². The number of carboxylic acid groups (broad SMARTS) is 1. The van der Waals surface area contributed by atoms with Crippen molar-refractivity contribution in [3.05, 3.63) is 48.3 Å². The minimum atomic E-state index is -5.08. The number of pyridine rings is 1. The van der Waals surface area contributed by atoms with Crippen LogP contribution in [-0.2, 0) is 16.1 Å². The fraction of sp³-hybridized carbons (Fsp3) is 0.476. The quantitative estimate of drug-likeness (QED) is 0.690. The molecule has 33 heavy (non-hydrogen) atoms. The Morgan fingerprint density at radius 2 is 1.82 bits per heavy atom. The predicted molar refractivity (Wildman–Crippen MR) is 108 cm³/mol. The fourth-order valence-corrected chi connectivity index (χ4v) is 4.17. The number of aliphatic carboxylic acids is 1. The Morgan fingerprint density at radius 3 is 2.42 bits per heavy atom. The summed E-state index contributed by atoms with van der Waals surface area (Å²) in [5, 5.41) is 7.12. The van der Waals surface area contributed by atoms with E-state index in [2.05, 4.69) is 24.8 Å². The third-order valence-electron chi connectivity index (χ3n) is 5.79. The first-order valence-electron chi connectivity index (χ1n) is 10.3. The summed E-state index contributed by atoms with van der Waals surface area (Å²) in [6.07, 6.45) is 5.20. The molecule has 178 valence electrons. The number of alkyl halides is 3. The molecule has 8 nitrogen and oxygen atoms in total. The molecule has 0 radical (unpaired) electrons. The van der Waals surface area contributed by atoms with E-state index in [1.807, 2.05) is 18.3 Å². The minimum Gasteiger partial charge on any atom is -0.475 e. The SMILES string of the molecule is O=C(O)C(F)(F)F.O=C1CCC2(CCCN(c3ncc(F)cn3)CC2)N1Cc1cccnc1. The average molecular weight is 469 g/mol. The molecule has 0 saturated carbocycles. The lowest BCUT2D eigenvalue weighted by Crippen LogP contribution is -2.46. The summed E-state index contributed by atoms with van der Waals surface area (Å²) in [5.74, 6) is -2.40. The van der Waals surface area contributed by atoms with Crippen LogP contribution in [0.5, 0.6) is 0 Å². The van der Waals surface area contributed by atoms with Gasteiger partial charge in [-0.1, -0.05) is 6.07 Å². The molecular formula is C21H23F4N5O3. The first kappa shape index (κ1) is 24.3. The van der Waals surface area contributed by atoms with E-state index in [1.165, 1.54) is 12.4 Å². The monoisotopic (exact) mass is 469 g/mol. The van der Waals surface area contributed by atoms with Crippen molar-refractivity contribution in [3.63, 3.8) is 0 Å². The summed E-state index contributed by atoms with van der Waals surface area (Å²) in [5.41, 5.74) is 0.951. The number of rotatable bonds is 3. The van der Waals surface area contributed by atoms with E-state index in [4.69, 9.17) is 9.90 Å². The molecule has 4 heterocycles. The number of carbonyl (C=O) groups excluding carboxylic acids is 1. The summed E-state index contributed by atoms with van der Waals surface area (Å²) >= 11 is 0. The van der Waals surface area contributed by atoms with Crippen LogP contribution in [0.3, 0.4) is 0 Å². The number of amides is 1. The molecule has 0 aliphatic carbocycles. The van der Waals surface area contributed by atoms with E-state index in [-0.39, 0.29) is 11.4 Å². The van der Waals surface area contributed by atoms with Crippen LogP contribution in [0.15, 0.2) is 36.9 Å². The Bertz CT molecular complexity index is 959. The Labute approximate surface area is 187 Å². The van der Waals surface area contributed by atoms with Crippen molar-refractivity contribution >= 4 is 17.8 Å². The van der Waals surface area contributed by atoms with Gasteiger partial charge < -0.3 is 14.9 Å². The predicted octanol–water partition coefficient (Wildman–Crippen LogP) is 3.20. The van der Waals surface area contributed by atoms with Crippen molar-refractivity contribution in [2.75, 3.05) is 18.0 Å². The fourth-order valence-electron chi connectivity index (χ4n) is 4.17. The molecule has 2 aliphatic rings. The molecule has 0 bridgehead atoms. The summed E-state index contributed by atoms with van der Waals surface area (Å²) in [6, 6.07) is 3.92. The highest BCUT2D eigenvalue weighted by Gasteiger charge is 2.45. The normalized spacial score (nSPS) is 20.9. The molecule has 2 aliphatic heterocycles. The van der Waals surface area contributed by atoms with Gasteiger partial charge in [-0.25, -0.2) is 19.2 Å². The molecule has 1 unspecified atom stereocenters. The molecule has 2 saturated heterocycles. The van der Waals surface area contributed by atoms with E-state index in [9.17, 15) is 22.4 Å². The van der Waals surface area contributed by atoms with Gasteiger partial charge in [0.05, 0.1) is 12.4 Å². The third-order valence-corrected chi connectivity index (χ3v) is 5.79. The highest BCUT2D eigenvalue weighted by Crippen LogP contribution is 2.40. The summed E-state index contributed by atoms with van der Waals surface area (Å²) in [4.78, 5) is 38.0. The topological polar surface area (TPSA) is 99.5 Å². The maximum absolute atomic E-state index is 13.1. The second-order valence-corrected chi connectivity index (χ2v) is 7.91. The van der Waals surface area contributed by atoms with Gasteiger partial charge in [-0.05, 0) is 37.3 Å². The van der Waals surface area contributed by atoms with Crippen molar-refractivity contribution in [3.8, 4) is 0 Å². The highest BCUT2D eigenvalue weighted by molar-refractivity contribution is 5.79. The van der Waals surface area contributed by atoms with Crippen LogP contribution in [0.25, 0.3) is 0 Å². The number of likely N-dealkylation sites (tertiary alicyclic amines) is 1. The molecule has 0 aromatic carbocycles. The highest BCUT2D eigenvalue weighted by atomic mass is 19.4. The van der Waals surface area contributed by atoms with E-state index in [1.54, 1.807) is 6.20 Å². The first-order valence-corrected chi connectivity index (χ1v) is 10.3. The molecule has 2 fully saturated rings. The van der Waals surface area contributed by atoms with Gasteiger partial charge in [-0.15, -0.1) is 0 Å². The van der Waals surface area contributed by atoms with E-state index in [0.29, 0.717) is 18.9 Å². The van der Waals surface area contributed by atoms with E-state index < -0.39 is 18.0 Å². The summed E-state index contributed by atoms with van der Waals surface area (Å²) < 4.78 is 44.8. The van der Waals surface area contributed by atoms with Gasteiger partial charge in [-0.2, -0.15) is 13.2 Å². The van der Waals surface area contributed by atoms with Crippen LogP contribution in [-0.4, -0.2) is 61.6 Å². The Kier molecular flexibility index (Phi) is 7.44. The van der Waals surface area contributed by atoms with Gasteiger partial charge >= 0.3 is 12.1 Å². The lowest BCUT2D eigenvalue weighted by molar-refractivity contribution is -0.192. The Morgan fingerprint density at radius 1 is 1.12 bits per heavy atom. The van der Waals surface area contributed by atoms with Crippen molar-refractivity contribution in [2.45, 2.75) is 50.4 Å². The second-order valence-electron chi connectivity index (χ2n) is 7.91.